The van der Waals surface area contributed by atoms with Crippen molar-refractivity contribution in [2.45, 2.75) is 19.3 Å². The second-order valence-electron chi connectivity index (χ2n) is 4.30. The largest absolute Gasteiger partial charge is 0.383 e. The molecule has 0 bridgehead atoms. The average molecular weight is 306 g/mol. The first kappa shape index (κ1) is 16.9. The lowest BCUT2D eigenvalue weighted by Crippen LogP contribution is -2.47. The van der Waals surface area contributed by atoms with E-state index in [1.165, 1.54) is 0 Å². The van der Waals surface area contributed by atoms with Gasteiger partial charge in [-0.05, 0) is 19.1 Å². The van der Waals surface area contributed by atoms with E-state index in [9.17, 15) is 27.2 Å². The van der Waals surface area contributed by atoms with Crippen molar-refractivity contribution in [2.24, 2.45) is 0 Å². The third-order valence-corrected chi connectivity index (χ3v) is 2.59. The number of hydrogen-bond donors (Lipinski definition) is 2. The van der Waals surface area contributed by atoms with Crippen LogP contribution in [0.2, 0.25) is 0 Å². The normalized spacial score (nSPS) is 11.3. The van der Waals surface area contributed by atoms with Crippen LogP contribution < -0.4 is 10.6 Å². The number of carbonyl (C=O) groups excluding carboxylic acids is 2. The number of halogens is 4. The summed E-state index contributed by atoms with van der Waals surface area (Å²) in [5.74, 6) is -7.26. The molecule has 0 aliphatic heterocycles. The fourth-order valence-electron chi connectivity index (χ4n) is 1.38. The van der Waals surface area contributed by atoms with Gasteiger partial charge in [0.05, 0.1) is 0 Å². The summed E-state index contributed by atoms with van der Waals surface area (Å²) < 4.78 is 48.9. The van der Waals surface area contributed by atoms with Crippen molar-refractivity contribution in [3.63, 3.8) is 0 Å². The highest BCUT2D eigenvalue weighted by atomic mass is 19.3. The summed E-state index contributed by atoms with van der Waals surface area (Å²) in [6.07, 6.45) is -4.07. The minimum absolute atomic E-state index is 0.155. The van der Waals surface area contributed by atoms with Gasteiger partial charge in [0.15, 0.2) is 0 Å². The zero-order chi connectivity index (χ0) is 16.0. The first-order valence-electron chi connectivity index (χ1n) is 6.04. The van der Waals surface area contributed by atoms with Gasteiger partial charge < -0.3 is 10.6 Å². The quantitative estimate of drug-likeness (QED) is 0.621. The lowest BCUT2D eigenvalue weighted by molar-refractivity contribution is -0.169. The first-order valence-corrected chi connectivity index (χ1v) is 6.04. The fraction of sp³-hybridized carbons (Fsp3) is 0.385. The molecule has 2 amide bonds. The Bertz CT molecular complexity index is 503. The number of alkyl halides is 4. The third-order valence-electron chi connectivity index (χ3n) is 2.59. The van der Waals surface area contributed by atoms with Gasteiger partial charge in [-0.15, -0.1) is 0 Å². The van der Waals surface area contributed by atoms with Crippen LogP contribution in [0, 0.1) is 6.92 Å². The van der Waals surface area contributed by atoms with Gasteiger partial charge in [0.1, 0.15) is 0 Å². The Balaban J connectivity index is 2.36. The molecule has 1 aromatic rings. The molecule has 0 atom stereocenters. The molecule has 0 saturated heterocycles. The summed E-state index contributed by atoms with van der Waals surface area (Å²) in [6, 6.07) is 6.60. The van der Waals surface area contributed by atoms with Crippen LogP contribution in [0.1, 0.15) is 15.9 Å². The minimum Gasteiger partial charge on any atom is -0.350 e. The molecule has 1 aromatic carbocycles. The van der Waals surface area contributed by atoms with Crippen LogP contribution in [0.25, 0.3) is 0 Å². The molecule has 0 saturated carbocycles. The maximum atomic E-state index is 12.6. The fourth-order valence-corrected chi connectivity index (χ4v) is 1.38. The summed E-state index contributed by atoms with van der Waals surface area (Å²) >= 11 is 0. The number of benzene rings is 1. The van der Waals surface area contributed by atoms with Gasteiger partial charge in [-0.25, -0.2) is 8.78 Å². The maximum Gasteiger partial charge on any atom is 0.383 e. The number of amides is 2. The van der Waals surface area contributed by atoms with Gasteiger partial charge in [0.2, 0.25) is 0 Å². The lowest BCUT2D eigenvalue weighted by atomic mass is 10.1. The molecule has 0 radical (unpaired) electrons. The van der Waals surface area contributed by atoms with Crippen molar-refractivity contribution in [3.8, 4) is 0 Å². The molecule has 0 fully saturated rings. The van der Waals surface area contributed by atoms with Crippen molar-refractivity contribution < 1.29 is 27.2 Å². The van der Waals surface area contributed by atoms with Crippen LogP contribution in [0.15, 0.2) is 24.3 Å². The van der Waals surface area contributed by atoms with Gasteiger partial charge >= 0.3 is 12.3 Å². The third kappa shape index (κ3) is 4.73. The van der Waals surface area contributed by atoms with E-state index in [-0.39, 0.29) is 13.1 Å². The molecule has 0 heterocycles. The van der Waals surface area contributed by atoms with E-state index < -0.39 is 24.2 Å². The Kier molecular flexibility index (Phi) is 5.69. The monoisotopic (exact) mass is 306 g/mol. The Morgan fingerprint density at radius 2 is 1.62 bits per heavy atom. The summed E-state index contributed by atoms with van der Waals surface area (Å²) in [6.45, 7) is 1.32. The number of carbonyl (C=O) groups is 2. The van der Waals surface area contributed by atoms with Crippen LogP contribution >= 0.6 is 0 Å². The highest BCUT2D eigenvalue weighted by molar-refractivity contribution is 5.94. The second-order valence-corrected chi connectivity index (χ2v) is 4.30. The molecular weight excluding hydrogens is 292 g/mol. The lowest BCUT2D eigenvalue weighted by Gasteiger charge is -2.14. The van der Waals surface area contributed by atoms with Crippen molar-refractivity contribution in [2.75, 3.05) is 13.1 Å². The van der Waals surface area contributed by atoms with E-state index in [0.717, 1.165) is 5.56 Å². The Morgan fingerprint density at radius 3 is 2.14 bits per heavy atom. The zero-order valence-electron chi connectivity index (χ0n) is 11.1. The predicted molar refractivity (Wildman–Crippen MR) is 67.5 cm³/mol. The van der Waals surface area contributed by atoms with Crippen molar-refractivity contribution in [1.82, 2.24) is 10.6 Å². The molecule has 0 aliphatic rings. The highest BCUT2D eigenvalue weighted by Crippen LogP contribution is 2.22. The topological polar surface area (TPSA) is 58.2 Å². The number of aryl methyl sites for hydroxylation is 1. The van der Waals surface area contributed by atoms with Crippen molar-refractivity contribution >= 4 is 11.8 Å². The molecule has 0 spiro atoms. The molecule has 0 aliphatic carbocycles. The van der Waals surface area contributed by atoms with Crippen LogP contribution in [-0.2, 0) is 4.79 Å². The summed E-state index contributed by atoms with van der Waals surface area (Å²) in [5.41, 5.74) is 1.33. The second kappa shape index (κ2) is 7.05. The van der Waals surface area contributed by atoms with Gasteiger partial charge in [-0.2, -0.15) is 8.78 Å². The van der Waals surface area contributed by atoms with E-state index in [2.05, 4.69) is 5.32 Å². The van der Waals surface area contributed by atoms with E-state index >= 15 is 0 Å². The van der Waals surface area contributed by atoms with Gasteiger partial charge in [-0.3, -0.25) is 9.59 Å². The molecule has 1 rings (SSSR count). The van der Waals surface area contributed by atoms with Crippen LogP contribution in [0.3, 0.4) is 0 Å². The van der Waals surface area contributed by atoms with E-state index in [1.807, 2.05) is 6.92 Å². The van der Waals surface area contributed by atoms with E-state index in [0.29, 0.717) is 5.56 Å². The summed E-state index contributed by atoms with van der Waals surface area (Å²) in [5, 5.41) is 4.00. The zero-order valence-corrected chi connectivity index (χ0v) is 11.1. The van der Waals surface area contributed by atoms with Crippen molar-refractivity contribution in [1.29, 1.82) is 0 Å². The maximum absolute atomic E-state index is 12.6. The van der Waals surface area contributed by atoms with Crippen LogP contribution in [-0.4, -0.2) is 37.3 Å². The molecule has 2 N–H and O–H groups in total. The Labute approximate surface area is 118 Å². The molecule has 8 heteroatoms. The summed E-state index contributed by atoms with van der Waals surface area (Å²) in [7, 11) is 0. The number of nitrogens with one attached hydrogen (secondary N) is 2. The average Bonchev–Trinajstić information content (AvgIpc) is 2.43. The summed E-state index contributed by atoms with van der Waals surface area (Å²) in [4.78, 5) is 22.4. The Hall–Kier alpha value is -2.12. The molecular formula is C13H14F4N2O2. The molecule has 116 valence electrons. The molecule has 0 aromatic heterocycles. The van der Waals surface area contributed by atoms with E-state index in [4.69, 9.17) is 0 Å². The van der Waals surface area contributed by atoms with Gasteiger partial charge in [0.25, 0.3) is 11.8 Å². The van der Waals surface area contributed by atoms with Crippen LogP contribution in [0.5, 0.6) is 0 Å². The van der Waals surface area contributed by atoms with Crippen LogP contribution in [0.4, 0.5) is 17.6 Å². The molecule has 21 heavy (non-hydrogen) atoms. The van der Waals surface area contributed by atoms with Gasteiger partial charge in [0, 0.05) is 18.7 Å². The van der Waals surface area contributed by atoms with Crippen molar-refractivity contribution in [3.05, 3.63) is 35.4 Å². The molecule has 0 unspecified atom stereocenters. The van der Waals surface area contributed by atoms with E-state index in [1.54, 1.807) is 29.6 Å². The number of rotatable bonds is 6. The standard InChI is InChI=1S/C13H14F4N2O2/c1-8-2-4-9(5-3-8)10(20)18-6-7-19-12(21)13(16,17)11(14)15/h2-5,11H,6-7H2,1H3,(H,18,20)(H,19,21). The predicted octanol–water partition coefficient (Wildman–Crippen LogP) is 1.74. The SMILES string of the molecule is Cc1ccc(C(=O)NCCNC(=O)C(F)(F)C(F)F)cc1. The number of hydrogen-bond acceptors (Lipinski definition) is 2. The smallest absolute Gasteiger partial charge is 0.350 e. The van der Waals surface area contributed by atoms with Gasteiger partial charge in [-0.1, -0.05) is 17.7 Å². The first-order chi connectivity index (χ1) is 9.75. The molecule has 4 nitrogen and oxygen atoms in total. The highest BCUT2D eigenvalue weighted by Gasteiger charge is 2.48. The minimum atomic E-state index is -4.74. The Morgan fingerprint density at radius 1 is 1.10 bits per heavy atom.